The normalized spacial score (nSPS) is 10.6. The van der Waals surface area contributed by atoms with Crippen molar-refractivity contribution in [2.75, 3.05) is 11.9 Å². The lowest BCUT2D eigenvalue weighted by Crippen LogP contribution is -2.14. The number of anilines is 1. The van der Waals surface area contributed by atoms with Gasteiger partial charge in [-0.05, 0) is 24.6 Å². The van der Waals surface area contributed by atoms with E-state index in [1.54, 1.807) is 10.9 Å². The lowest BCUT2D eigenvalue weighted by molar-refractivity contribution is 0.160. The molecule has 1 N–H and O–H groups in total. The summed E-state index contributed by atoms with van der Waals surface area (Å²) in [4.78, 5) is 11.5. The first-order valence-corrected chi connectivity index (χ1v) is 6.06. The number of hydrogen-bond donors (Lipinski definition) is 1. The molecule has 1 aromatic heterocycles. The van der Waals surface area contributed by atoms with Crippen molar-refractivity contribution in [3.8, 4) is 0 Å². The number of nitrogens with one attached hydrogen (secondary N) is 1. The maximum absolute atomic E-state index is 11.5. The van der Waals surface area contributed by atoms with E-state index in [0.717, 1.165) is 23.7 Å². The van der Waals surface area contributed by atoms with Gasteiger partial charge in [-0.1, -0.05) is 13.3 Å². The van der Waals surface area contributed by atoms with Crippen LogP contribution in [0.4, 0.5) is 10.5 Å². The van der Waals surface area contributed by atoms with Crippen molar-refractivity contribution in [2.24, 2.45) is 7.05 Å². The van der Waals surface area contributed by atoms with E-state index in [1.807, 2.05) is 25.2 Å². The number of hydrogen-bond acceptors (Lipinski definition) is 3. The molecule has 0 radical (unpaired) electrons. The summed E-state index contributed by atoms with van der Waals surface area (Å²) in [6, 6.07) is 5.64. The van der Waals surface area contributed by atoms with Crippen LogP contribution in [0.5, 0.6) is 0 Å². The third-order valence-corrected chi connectivity index (χ3v) is 2.73. The molecular weight excluding hydrogens is 230 g/mol. The number of amides is 1. The number of carbonyl (C=O) groups excluding carboxylic acids is 1. The van der Waals surface area contributed by atoms with Gasteiger partial charge in [-0.2, -0.15) is 5.10 Å². The van der Waals surface area contributed by atoms with Gasteiger partial charge in [0.15, 0.2) is 0 Å². The highest BCUT2D eigenvalue weighted by molar-refractivity contribution is 5.89. The number of nitrogens with zero attached hydrogens (tertiary/aromatic N) is 2. The molecule has 5 nitrogen and oxygen atoms in total. The summed E-state index contributed by atoms with van der Waals surface area (Å²) < 4.78 is 6.80. The molecule has 0 bridgehead atoms. The number of fused-ring (bicyclic) bond motifs is 1. The summed E-state index contributed by atoms with van der Waals surface area (Å²) in [5, 5.41) is 7.90. The summed E-state index contributed by atoms with van der Waals surface area (Å²) in [5.41, 5.74) is 1.69. The zero-order valence-corrected chi connectivity index (χ0v) is 10.6. The van der Waals surface area contributed by atoms with E-state index < -0.39 is 6.09 Å². The lowest BCUT2D eigenvalue weighted by atomic mass is 10.2. The molecule has 0 unspecified atom stereocenters. The molecule has 1 amide bonds. The second kappa shape index (κ2) is 5.53. The molecule has 96 valence electrons. The Morgan fingerprint density at radius 1 is 1.50 bits per heavy atom. The molecule has 0 saturated heterocycles. The fraction of sp³-hybridized carbons (Fsp3) is 0.385. The van der Waals surface area contributed by atoms with Crippen LogP contribution in [0.2, 0.25) is 0 Å². The number of unbranched alkanes of at least 4 members (excludes halogenated alkanes) is 1. The highest BCUT2D eigenvalue weighted by Gasteiger charge is 2.05. The summed E-state index contributed by atoms with van der Waals surface area (Å²) in [7, 11) is 1.87. The van der Waals surface area contributed by atoms with Gasteiger partial charge in [0.1, 0.15) is 0 Å². The van der Waals surface area contributed by atoms with Gasteiger partial charge in [0.2, 0.25) is 0 Å². The minimum atomic E-state index is -0.412. The Morgan fingerprint density at radius 3 is 3.11 bits per heavy atom. The number of rotatable bonds is 4. The summed E-state index contributed by atoms with van der Waals surface area (Å²) >= 11 is 0. The Kier molecular flexibility index (Phi) is 3.82. The van der Waals surface area contributed by atoms with Crippen LogP contribution in [0.25, 0.3) is 10.9 Å². The van der Waals surface area contributed by atoms with Crippen molar-refractivity contribution >= 4 is 22.7 Å². The van der Waals surface area contributed by atoms with Crippen LogP contribution in [0.15, 0.2) is 24.4 Å². The van der Waals surface area contributed by atoms with Crippen LogP contribution in [-0.4, -0.2) is 22.5 Å². The monoisotopic (exact) mass is 247 g/mol. The van der Waals surface area contributed by atoms with Gasteiger partial charge in [-0.25, -0.2) is 4.79 Å². The van der Waals surface area contributed by atoms with Gasteiger partial charge >= 0.3 is 6.09 Å². The van der Waals surface area contributed by atoms with Gasteiger partial charge in [-0.3, -0.25) is 10.00 Å². The molecule has 5 heteroatoms. The average molecular weight is 247 g/mol. The number of aryl methyl sites for hydroxylation is 1. The Bertz CT molecular complexity index is 548. The molecule has 1 aromatic carbocycles. The van der Waals surface area contributed by atoms with Gasteiger partial charge in [0.05, 0.1) is 18.3 Å². The molecule has 0 aliphatic heterocycles. The number of carbonyl (C=O) groups is 1. The van der Waals surface area contributed by atoms with Crippen molar-refractivity contribution in [3.63, 3.8) is 0 Å². The van der Waals surface area contributed by atoms with E-state index in [2.05, 4.69) is 17.3 Å². The van der Waals surface area contributed by atoms with Crippen molar-refractivity contribution in [3.05, 3.63) is 24.4 Å². The first kappa shape index (κ1) is 12.4. The second-order valence-electron chi connectivity index (χ2n) is 4.16. The SMILES string of the molecule is CCCCOC(=O)Nc1ccc2cnn(C)c2c1. The maximum atomic E-state index is 11.5. The van der Waals surface area contributed by atoms with Crippen LogP contribution in [0, 0.1) is 0 Å². The highest BCUT2D eigenvalue weighted by atomic mass is 16.5. The fourth-order valence-electron chi connectivity index (χ4n) is 1.68. The standard InChI is InChI=1S/C13H17N3O2/c1-3-4-7-18-13(17)15-11-6-5-10-9-14-16(2)12(10)8-11/h5-6,8-9H,3-4,7H2,1-2H3,(H,15,17). The summed E-state index contributed by atoms with van der Waals surface area (Å²) in [5.74, 6) is 0. The van der Waals surface area contributed by atoms with Crippen molar-refractivity contribution in [2.45, 2.75) is 19.8 Å². The second-order valence-corrected chi connectivity index (χ2v) is 4.16. The molecular formula is C13H17N3O2. The predicted octanol–water partition coefficient (Wildman–Crippen LogP) is 2.92. The van der Waals surface area contributed by atoms with E-state index in [1.165, 1.54) is 0 Å². The van der Waals surface area contributed by atoms with Gasteiger partial charge in [-0.15, -0.1) is 0 Å². The number of aromatic nitrogens is 2. The van der Waals surface area contributed by atoms with E-state index in [-0.39, 0.29) is 0 Å². The smallest absolute Gasteiger partial charge is 0.411 e. The molecule has 2 rings (SSSR count). The van der Waals surface area contributed by atoms with Crippen molar-refractivity contribution < 1.29 is 9.53 Å². The molecule has 0 saturated carbocycles. The van der Waals surface area contributed by atoms with E-state index in [0.29, 0.717) is 12.3 Å². The highest BCUT2D eigenvalue weighted by Crippen LogP contribution is 2.18. The molecule has 0 aliphatic carbocycles. The average Bonchev–Trinajstić information content (AvgIpc) is 2.71. The van der Waals surface area contributed by atoms with Gasteiger partial charge in [0.25, 0.3) is 0 Å². The van der Waals surface area contributed by atoms with Crippen LogP contribution in [-0.2, 0) is 11.8 Å². The van der Waals surface area contributed by atoms with E-state index in [9.17, 15) is 4.79 Å². The number of ether oxygens (including phenoxy) is 1. The molecule has 0 atom stereocenters. The van der Waals surface area contributed by atoms with Gasteiger partial charge in [0, 0.05) is 18.1 Å². The Morgan fingerprint density at radius 2 is 2.33 bits per heavy atom. The first-order chi connectivity index (χ1) is 8.70. The molecule has 0 spiro atoms. The maximum Gasteiger partial charge on any atom is 0.411 e. The molecule has 18 heavy (non-hydrogen) atoms. The van der Waals surface area contributed by atoms with Crippen LogP contribution < -0.4 is 5.32 Å². The van der Waals surface area contributed by atoms with Crippen molar-refractivity contribution in [1.82, 2.24) is 9.78 Å². The topological polar surface area (TPSA) is 56.1 Å². The van der Waals surface area contributed by atoms with Crippen molar-refractivity contribution in [1.29, 1.82) is 0 Å². The summed E-state index contributed by atoms with van der Waals surface area (Å²) in [6.45, 7) is 2.51. The van der Waals surface area contributed by atoms with Crippen LogP contribution >= 0.6 is 0 Å². The minimum absolute atomic E-state index is 0.412. The Labute approximate surface area is 106 Å². The lowest BCUT2D eigenvalue weighted by Gasteiger charge is -2.06. The summed E-state index contributed by atoms with van der Waals surface area (Å²) in [6.07, 6.45) is 3.27. The quantitative estimate of drug-likeness (QED) is 0.845. The van der Waals surface area contributed by atoms with E-state index in [4.69, 9.17) is 4.74 Å². The molecule has 0 aliphatic rings. The molecule has 0 fully saturated rings. The third kappa shape index (κ3) is 2.80. The largest absolute Gasteiger partial charge is 0.449 e. The van der Waals surface area contributed by atoms with Gasteiger partial charge < -0.3 is 4.74 Å². The molecule has 2 aromatic rings. The zero-order chi connectivity index (χ0) is 13.0. The number of benzene rings is 1. The fourth-order valence-corrected chi connectivity index (χ4v) is 1.68. The Hall–Kier alpha value is -2.04. The first-order valence-electron chi connectivity index (χ1n) is 6.06. The van der Waals surface area contributed by atoms with E-state index >= 15 is 0 Å². The predicted molar refractivity (Wildman–Crippen MR) is 70.6 cm³/mol. The Balaban J connectivity index is 2.02. The van der Waals surface area contributed by atoms with Crippen LogP contribution in [0.1, 0.15) is 19.8 Å². The minimum Gasteiger partial charge on any atom is -0.449 e. The zero-order valence-electron chi connectivity index (χ0n) is 10.6. The van der Waals surface area contributed by atoms with Crippen LogP contribution in [0.3, 0.4) is 0 Å². The molecule has 1 heterocycles. The third-order valence-electron chi connectivity index (χ3n) is 2.73.